The number of carbonyl (C=O) groups excluding carboxylic acids is 1. The molecule has 1 unspecified atom stereocenters. The average molecular weight is 481 g/mol. The van der Waals surface area contributed by atoms with Gasteiger partial charge in [-0.15, -0.1) is 0 Å². The molecule has 2 aliphatic rings. The number of amides is 1. The first kappa shape index (κ1) is 26.0. The highest BCUT2D eigenvalue weighted by molar-refractivity contribution is 7.88. The second-order valence-corrected chi connectivity index (χ2v) is 9.96. The average Bonchev–Trinajstić information content (AvgIpc) is 2.63. The first-order valence-electron chi connectivity index (χ1n) is 9.73. The zero-order valence-electron chi connectivity index (χ0n) is 17.9. The number of alkyl halides is 3. The molecule has 32 heavy (non-hydrogen) atoms. The summed E-state index contributed by atoms with van der Waals surface area (Å²) in [6.07, 6.45) is -2.17. The van der Waals surface area contributed by atoms with Crippen molar-refractivity contribution >= 4 is 21.9 Å². The molecule has 9 nitrogen and oxygen atoms in total. The Morgan fingerprint density at radius 1 is 1.28 bits per heavy atom. The summed E-state index contributed by atoms with van der Waals surface area (Å²) in [6, 6.07) is 3.63. The number of carbonyl (C=O) groups is 2. The molecule has 0 aliphatic carbocycles. The molecule has 1 atom stereocenters. The Kier molecular flexibility index (Phi) is 7.89. The van der Waals surface area contributed by atoms with Gasteiger partial charge in [0.05, 0.1) is 26.0 Å². The van der Waals surface area contributed by atoms with Crippen LogP contribution in [0.1, 0.15) is 34.6 Å². The van der Waals surface area contributed by atoms with Gasteiger partial charge in [0, 0.05) is 23.5 Å². The van der Waals surface area contributed by atoms with Crippen LogP contribution in [0.4, 0.5) is 13.2 Å². The Hall–Kier alpha value is -2.25. The lowest BCUT2D eigenvalue weighted by Gasteiger charge is -2.52. The third kappa shape index (κ3) is 7.41. The molecule has 2 fully saturated rings. The van der Waals surface area contributed by atoms with Gasteiger partial charge in [-0.2, -0.15) is 13.2 Å². The molecule has 0 saturated carbocycles. The lowest BCUT2D eigenvalue weighted by molar-refractivity contribution is -0.192. The van der Waals surface area contributed by atoms with Crippen molar-refractivity contribution in [2.24, 2.45) is 5.92 Å². The summed E-state index contributed by atoms with van der Waals surface area (Å²) in [5.41, 5.74) is 2.10. The Morgan fingerprint density at radius 2 is 1.81 bits per heavy atom. The summed E-state index contributed by atoms with van der Waals surface area (Å²) in [5, 5.41) is 7.12. The first-order valence-corrected chi connectivity index (χ1v) is 11.6. The molecule has 3 rings (SSSR count). The monoisotopic (exact) mass is 481 g/mol. The van der Waals surface area contributed by atoms with Gasteiger partial charge in [0.15, 0.2) is 0 Å². The number of ether oxygens (including phenoxy) is 1. The van der Waals surface area contributed by atoms with Crippen LogP contribution in [-0.2, 0) is 19.6 Å². The van der Waals surface area contributed by atoms with E-state index in [0.29, 0.717) is 31.8 Å². The fraction of sp³-hybridized carbons (Fsp3) is 0.632. The third-order valence-corrected chi connectivity index (χ3v) is 5.77. The topological polar surface area (TPSA) is 126 Å². The summed E-state index contributed by atoms with van der Waals surface area (Å²) in [6.45, 7) is 5.90. The van der Waals surface area contributed by atoms with Crippen molar-refractivity contribution in [3.8, 4) is 0 Å². The van der Waals surface area contributed by atoms with Gasteiger partial charge >= 0.3 is 12.1 Å². The first-order chi connectivity index (χ1) is 14.6. The Morgan fingerprint density at radius 3 is 2.22 bits per heavy atom. The lowest BCUT2D eigenvalue weighted by Crippen LogP contribution is -2.66. The van der Waals surface area contributed by atoms with E-state index in [1.165, 1.54) is 0 Å². The normalized spacial score (nSPS) is 20.2. The lowest BCUT2D eigenvalue weighted by atomic mass is 9.82. The zero-order chi connectivity index (χ0) is 24.3. The molecule has 2 N–H and O–H groups in total. The SMILES string of the molecule is Cc1cc(C(=O)N2CC3(CCC(CNS(C)(=O)=O)CO3)C2)cc(C)n1.O=C(O)C(F)(F)F. The maximum atomic E-state index is 12.6. The van der Waals surface area contributed by atoms with Gasteiger partial charge in [0.2, 0.25) is 10.0 Å². The minimum Gasteiger partial charge on any atom is -0.475 e. The van der Waals surface area contributed by atoms with Gasteiger partial charge in [-0.3, -0.25) is 9.78 Å². The van der Waals surface area contributed by atoms with Crippen LogP contribution in [-0.4, -0.2) is 79.6 Å². The predicted octanol–water partition coefficient (Wildman–Crippen LogP) is 1.50. The van der Waals surface area contributed by atoms with Crippen molar-refractivity contribution in [1.29, 1.82) is 0 Å². The molecular weight excluding hydrogens is 455 g/mol. The molecule has 2 saturated heterocycles. The standard InChI is InChI=1S/C17H25N3O4S.C2HF3O2/c1-12-6-15(7-13(2)19-12)16(21)20-10-17(11-20)5-4-14(9-24-17)8-18-25(3,22)23;3-2(4,5)1(6)7/h6-7,14,18H,4-5,8-11H2,1-3H3;(H,6,7). The van der Waals surface area contributed by atoms with Gasteiger partial charge in [0.1, 0.15) is 5.60 Å². The van der Waals surface area contributed by atoms with E-state index in [4.69, 9.17) is 14.6 Å². The molecule has 1 aromatic heterocycles. The number of nitrogens with one attached hydrogen (secondary N) is 1. The zero-order valence-corrected chi connectivity index (χ0v) is 18.7. The van der Waals surface area contributed by atoms with Gasteiger partial charge < -0.3 is 14.7 Å². The Labute approximate surface area is 184 Å². The van der Waals surface area contributed by atoms with Crippen LogP contribution in [0.5, 0.6) is 0 Å². The number of carboxylic acids is 1. The van der Waals surface area contributed by atoms with E-state index in [0.717, 1.165) is 30.5 Å². The molecule has 0 radical (unpaired) electrons. The number of hydrogen-bond donors (Lipinski definition) is 2. The van der Waals surface area contributed by atoms with E-state index in [2.05, 4.69) is 9.71 Å². The fourth-order valence-corrected chi connectivity index (χ4v) is 4.07. The quantitative estimate of drug-likeness (QED) is 0.668. The van der Waals surface area contributed by atoms with E-state index in [-0.39, 0.29) is 17.4 Å². The number of nitrogens with zero attached hydrogens (tertiary/aromatic N) is 2. The molecule has 1 amide bonds. The van der Waals surface area contributed by atoms with Crippen LogP contribution in [0, 0.1) is 19.8 Å². The molecule has 13 heteroatoms. The van der Waals surface area contributed by atoms with Crippen molar-refractivity contribution in [2.75, 3.05) is 32.5 Å². The maximum absolute atomic E-state index is 12.6. The molecule has 1 aromatic rings. The highest BCUT2D eigenvalue weighted by Gasteiger charge is 2.48. The number of hydrogen-bond acceptors (Lipinski definition) is 6. The minimum absolute atomic E-state index is 0.0173. The number of sulfonamides is 1. The summed E-state index contributed by atoms with van der Waals surface area (Å²) >= 11 is 0. The van der Waals surface area contributed by atoms with E-state index in [1.807, 2.05) is 30.9 Å². The molecule has 0 aromatic carbocycles. The van der Waals surface area contributed by atoms with Gasteiger partial charge in [-0.25, -0.2) is 17.9 Å². The van der Waals surface area contributed by atoms with E-state index in [1.54, 1.807) is 0 Å². The molecular formula is C19H26F3N3O6S. The van der Waals surface area contributed by atoms with Crippen LogP contribution in [0.15, 0.2) is 12.1 Å². The van der Waals surface area contributed by atoms with E-state index in [9.17, 15) is 26.4 Å². The number of carboxylic acid groups (broad SMARTS) is 1. The second-order valence-electron chi connectivity index (χ2n) is 8.12. The smallest absolute Gasteiger partial charge is 0.475 e. The largest absolute Gasteiger partial charge is 0.490 e. The van der Waals surface area contributed by atoms with E-state index < -0.39 is 22.2 Å². The van der Waals surface area contributed by atoms with Gasteiger partial charge in [-0.05, 0) is 44.7 Å². The molecule has 1 spiro atoms. The van der Waals surface area contributed by atoms with Crippen LogP contribution in [0.2, 0.25) is 0 Å². The van der Waals surface area contributed by atoms with Crippen LogP contribution in [0.3, 0.4) is 0 Å². The number of likely N-dealkylation sites (tertiary alicyclic amines) is 1. The van der Waals surface area contributed by atoms with Crippen molar-refractivity contribution in [3.63, 3.8) is 0 Å². The number of aryl methyl sites for hydroxylation is 2. The number of aromatic nitrogens is 1. The summed E-state index contributed by atoms with van der Waals surface area (Å²) in [5.74, 6) is -2.55. The number of halogens is 3. The maximum Gasteiger partial charge on any atom is 0.490 e. The molecule has 3 heterocycles. The van der Waals surface area contributed by atoms with Crippen molar-refractivity contribution < 1.29 is 41.0 Å². The van der Waals surface area contributed by atoms with Crippen molar-refractivity contribution in [2.45, 2.75) is 38.5 Å². The number of rotatable bonds is 4. The predicted molar refractivity (Wildman–Crippen MR) is 108 cm³/mol. The van der Waals surface area contributed by atoms with Gasteiger partial charge in [-0.1, -0.05) is 0 Å². The van der Waals surface area contributed by atoms with Crippen molar-refractivity contribution in [1.82, 2.24) is 14.6 Å². The molecule has 2 aliphatic heterocycles. The molecule has 180 valence electrons. The van der Waals surface area contributed by atoms with Crippen LogP contribution >= 0.6 is 0 Å². The van der Waals surface area contributed by atoms with E-state index >= 15 is 0 Å². The highest BCUT2D eigenvalue weighted by atomic mass is 32.2. The van der Waals surface area contributed by atoms with Crippen LogP contribution in [0.25, 0.3) is 0 Å². The number of aliphatic carboxylic acids is 1. The third-order valence-electron chi connectivity index (χ3n) is 5.08. The summed E-state index contributed by atoms with van der Waals surface area (Å²) in [7, 11) is -3.17. The van der Waals surface area contributed by atoms with Crippen molar-refractivity contribution in [3.05, 3.63) is 29.1 Å². The number of pyridine rings is 1. The highest BCUT2D eigenvalue weighted by Crippen LogP contribution is 2.36. The Bertz CT molecular complexity index is 931. The second kappa shape index (κ2) is 9.71. The van der Waals surface area contributed by atoms with Crippen LogP contribution < -0.4 is 4.72 Å². The minimum atomic E-state index is -5.08. The summed E-state index contributed by atoms with van der Waals surface area (Å²) < 4.78 is 62.6. The Balaban J connectivity index is 0.000000451. The molecule has 0 bridgehead atoms. The fourth-order valence-electron chi connectivity index (χ4n) is 3.53. The van der Waals surface area contributed by atoms with Gasteiger partial charge in [0.25, 0.3) is 5.91 Å². The summed E-state index contributed by atoms with van der Waals surface area (Å²) in [4.78, 5) is 27.6.